The van der Waals surface area contributed by atoms with E-state index in [1.54, 1.807) is 0 Å². The second-order valence-corrected chi connectivity index (χ2v) is 5.58. The molecule has 0 saturated carbocycles. The molecule has 104 valence electrons. The first-order chi connectivity index (χ1) is 8.73. The third kappa shape index (κ3) is 3.70. The molecule has 1 aromatic carbocycles. The Hall–Kier alpha value is -1.56. The Morgan fingerprint density at radius 2 is 1.84 bits per heavy atom. The van der Waals surface area contributed by atoms with Crippen molar-refractivity contribution in [2.24, 2.45) is 11.7 Å². The Labute approximate surface area is 120 Å². The van der Waals surface area contributed by atoms with Gasteiger partial charge in [0.05, 0.1) is 11.1 Å². The molecule has 0 spiro atoms. The van der Waals surface area contributed by atoms with Crippen molar-refractivity contribution in [3.8, 4) is 0 Å². The van der Waals surface area contributed by atoms with Crippen LogP contribution in [0.15, 0.2) is 16.6 Å². The maximum absolute atomic E-state index is 11.4. The number of carboxylic acid groups (broad SMARTS) is 1. The van der Waals surface area contributed by atoms with Crippen molar-refractivity contribution < 1.29 is 14.7 Å². The Morgan fingerprint density at radius 3 is 2.26 bits per heavy atom. The number of aromatic carboxylic acids is 1. The molecule has 1 aromatic rings. The van der Waals surface area contributed by atoms with E-state index in [0.29, 0.717) is 16.1 Å². The lowest BCUT2D eigenvalue weighted by molar-refractivity contribution is 0.0695. The second kappa shape index (κ2) is 6.06. The van der Waals surface area contributed by atoms with Gasteiger partial charge in [-0.15, -0.1) is 0 Å². The molecule has 5 nitrogen and oxygen atoms in total. The van der Waals surface area contributed by atoms with Gasteiger partial charge in [-0.05, 0) is 40.9 Å². The molecular formula is C13H17BrN2O3. The van der Waals surface area contributed by atoms with Crippen LogP contribution in [0.2, 0.25) is 0 Å². The van der Waals surface area contributed by atoms with Crippen LogP contribution in [0.5, 0.6) is 0 Å². The van der Waals surface area contributed by atoms with E-state index in [4.69, 9.17) is 10.8 Å². The fourth-order valence-electron chi connectivity index (χ4n) is 1.47. The molecule has 0 aliphatic carbocycles. The van der Waals surface area contributed by atoms with Crippen molar-refractivity contribution in [1.29, 1.82) is 0 Å². The van der Waals surface area contributed by atoms with Gasteiger partial charge in [0, 0.05) is 16.2 Å². The molecule has 0 bridgehead atoms. The number of anilines is 1. The Bertz CT molecular complexity index is 515. The minimum absolute atomic E-state index is 0.0842. The van der Waals surface area contributed by atoms with Crippen LogP contribution >= 0.6 is 15.9 Å². The quantitative estimate of drug-likeness (QED) is 0.774. The molecule has 0 saturated heterocycles. The molecule has 0 heterocycles. The van der Waals surface area contributed by atoms with Crippen molar-refractivity contribution >= 4 is 33.5 Å². The summed E-state index contributed by atoms with van der Waals surface area (Å²) in [4.78, 5) is 22.5. The lowest BCUT2D eigenvalue weighted by Gasteiger charge is -2.21. The minimum atomic E-state index is -1.07. The summed E-state index contributed by atoms with van der Waals surface area (Å²) in [5.74, 6) is -1.34. The first-order valence-electron chi connectivity index (χ1n) is 5.87. The van der Waals surface area contributed by atoms with Gasteiger partial charge in [0.2, 0.25) is 0 Å². The summed E-state index contributed by atoms with van der Waals surface area (Å²) >= 11 is 3.13. The molecule has 0 aliphatic rings. The van der Waals surface area contributed by atoms with Gasteiger partial charge in [-0.3, -0.25) is 4.79 Å². The van der Waals surface area contributed by atoms with Gasteiger partial charge in [0.15, 0.2) is 0 Å². The maximum atomic E-state index is 11.4. The highest BCUT2D eigenvalue weighted by atomic mass is 79.9. The number of nitrogens with two attached hydrogens (primary N) is 1. The number of halogens is 1. The number of carbonyl (C=O) groups is 2. The predicted molar refractivity (Wildman–Crippen MR) is 77.5 cm³/mol. The van der Waals surface area contributed by atoms with Gasteiger partial charge in [-0.2, -0.15) is 0 Å². The molecule has 0 radical (unpaired) electrons. The molecule has 0 aromatic heterocycles. The highest BCUT2D eigenvalue weighted by Gasteiger charge is 2.18. The lowest BCUT2D eigenvalue weighted by Crippen LogP contribution is -2.24. The van der Waals surface area contributed by atoms with Crippen LogP contribution in [-0.2, 0) is 0 Å². The van der Waals surface area contributed by atoms with E-state index < -0.39 is 11.9 Å². The standard InChI is InChI=1S/C13H17BrN2O3/c1-6(2)7(3)16-11-5-8(13(18)19)10(14)4-9(11)12(15)17/h4-7,16H,1-3H3,(H2,15,17)(H,18,19). The average molecular weight is 329 g/mol. The Morgan fingerprint density at radius 1 is 1.26 bits per heavy atom. The van der Waals surface area contributed by atoms with E-state index in [-0.39, 0.29) is 17.2 Å². The summed E-state index contributed by atoms with van der Waals surface area (Å²) in [5, 5.41) is 12.2. The SMILES string of the molecule is CC(C)C(C)Nc1cc(C(=O)O)c(Br)cc1C(N)=O. The number of amides is 1. The predicted octanol–water partition coefficient (Wildman–Crippen LogP) is 2.70. The number of carboxylic acids is 1. The molecule has 1 rings (SSSR count). The second-order valence-electron chi connectivity index (χ2n) is 4.72. The van der Waals surface area contributed by atoms with E-state index >= 15 is 0 Å². The summed E-state index contributed by atoms with van der Waals surface area (Å²) in [6.07, 6.45) is 0. The molecule has 0 fully saturated rings. The van der Waals surface area contributed by atoms with Crippen molar-refractivity contribution in [3.05, 3.63) is 27.7 Å². The van der Waals surface area contributed by atoms with Crippen molar-refractivity contribution in [2.45, 2.75) is 26.8 Å². The molecule has 4 N–H and O–H groups in total. The van der Waals surface area contributed by atoms with E-state index in [9.17, 15) is 9.59 Å². The first kappa shape index (κ1) is 15.5. The Kier molecular flexibility index (Phi) is 4.94. The van der Waals surface area contributed by atoms with Crippen LogP contribution in [-0.4, -0.2) is 23.0 Å². The van der Waals surface area contributed by atoms with Crippen LogP contribution in [0.1, 0.15) is 41.5 Å². The summed E-state index contributed by atoms with van der Waals surface area (Å²) in [5.41, 5.74) is 6.11. The van der Waals surface area contributed by atoms with E-state index in [0.717, 1.165) is 0 Å². The number of hydrogen-bond donors (Lipinski definition) is 3. The highest BCUT2D eigenvalue weighted by molar-refractivity contribution is 9.10. The van der Waals surface area contributed by atoms with Crippen LogP contribution in [0.25, 0.3) is 0 Å². The third-order valence-corrected chi connectivity index (χ3v) is 3.64. The van der Waals surface area contributed by atoms with Gasteiger partial charge in [-0.25, -0.2) is 4.79 Å². The van der Waals surface area contributed by atoms with Crippen LogP contribution in [0, 0.1) is 5.92 Å². The molecule has 1 unspecified atom stereocenters. The lowest BCUT2D eigenvalue weighted by atomic mass is 10.0. The fraction of sp³-hybridized carbons (Fsp3) is 0.385. The molecule has 0 aliphatic heterocycles. The largest absolute Gasteiger partial charge is 0.478 e. The summed E-state index contributed by atoms with van der Waals surface area (Å²) in [6.45, 7) is 6.01. The summed E-state index contributed by atoms with van der Waals surface area (Å²) < 4.78 is 0.330. The van der Waals surface area contributed by atoms with E-state index in [1.165, 1.54) is 12.1 Å². The summed E-state index contributed by atoms with van der Waals surface area (Å²) in [7, 11) is 0. The fourth-order valence-corrected chi connectivity index (χ4v) is 1.99. The topological polar surface area (TPSA) is 92.4 Å². The van der Waals surface area contributed by atoms with Crippen molar-refractivity contribution in [3.63, 3.8) is 0 Å². The van der Waals surface area contributed by atoms with Gasteiger partial charge in [0.25, 0.3) is 5.91 Å². The number of rotatable bonds is 5. The average Bonchev–Trinajstić information content (AvgIpc) is 2.29. The normalized spacial score (nSPS) is 12.3. The van der Waals surface area contributed by atoms with E-state index in [1.807, 2.05) is 20.8 Å². The van der Waals surface area contributed by atoms with E-state index in [2.05, 4.69) is 21.2 Å². The van der Waals surface area contributed by atoms with Gasteiger partial charge >= 0.3 is 5.97 Å². The smallest absolute Gasteiger partial charge is 0.336 e. The molecule has 1 amide bonds. The van der Waals surface area contributed by atoms with Crippen LogP contribution in [0.4, 0.5) is 5.69 Å². The zero-order chi connectivity index (χ0) is 14.7. The maximum Gasteiger partial charge on any atom is 0.336 e. The van der Waals surface area contributed by atoms with Gasteiger partial charge in [-0.1, -0.05) is 13.8 Å². The number of primary amides is 1. The molecule has 6 heteroatoms. The number of hydrogen-bond acceptors (Lipinski definition) is 3. The first-order valence-corrected chi connectivity index (χ1v) is 6.66. The van der Waals surface area contributed by atoms with Crippen molar-refractivity contribution in [2.75, 3.05) is 5.32 Å². The number of benzene rings is 1. The summed E-state index contributed by atoms with van der Waals surface area (Å²) in [6, 6.07) is 2.94. The zero-order valence-corrected chi connectivity index (χ0v) is 12.6. The molecule has 1 atom stereocenters. The minimum Gasteiger partial charge on any atom is -0.478 e. The van der Waals surface area contributed by atoms with Gasteiger partial charge < -0.3 is 16.2 Å². The number of carbonyl (C=O) groups excluding carboxylic acids is 1. The van der Waals surface area contributed by atoms with Gasteiger partial charge in [0.1, 0.15) is 0 Å². The number of nitrogens with one attached hydrogen (secondary N) is 1. The van der Waals surface area contributed by atoms with Crippen LogP contribution in [0.3, 0.4) is 0 Å². The molecular weight excluding hydrogens is 312 g/mol. The third-order valence-electron chi connectivity index (χ3n) is 2.99. The Balaban J connectivity index is 3.29. The monoisotopic (exact) mass is 328 g/mol. The highest BCUT2D eigenvalue weighted by Crippen LogP contribution is 2.27. The molecule has 19 heavy (non-hydrogen) atoms. The zero-order valence-electron chi connectivity index (χ0n) is 11.0. The van der Waals surface area contributed by atoms with Crippen LogP contribution < -0.4 is 11.1 Å². The van der Waals surface area contributed by atoms with Crippen molar-refractivity contribution in [1.82, 2.24) is 0 Å².